The Morgan fingerprint density at radius 3 is 1.75 bits per heavy atom. The zero-order valence-corrected chi connectivity index (χ0v) is 10.6. The van der Waals surface area contributed by atoms with E-state index in [0.29, 0.717) is 0 Å². The van der Waals surface area contributed by atoms with E-state index in [1.807, 2.05) is 0 Å². The van der Waals surface area contributed by atoms with Gasteiger partial charge in [0.05, 0.1) is 0 Å². The van der Waals surface area contributed by atoms with Crippen LogP contribution in [-0.2, 0) is 12.8 Å². The molecule has 0 atom stereocenters. The molecule has 4 rings (SSSR count). The van der Waals surface area contributed by atoms with E-state index in [-0.39, 0.29) is 0 Å². The molecule has 0 amide bonds. The minimum absolute atomic E-state index is 1.26. The maximum absolute atomic E-state index is 2.31. The number of benzene rings is 2. The van der Waals surface area contributed by atoms with Crippen LogP contribution in [0.2, 0.25) is 0 Å². The summed E-state index contributed by atoms with van der Waals surface area (Å²) < 4.78 is 0. The monoisotopic (exact) mass is 244 g/mol. The highest BCUT2D eigenvalue weighted by Gasteiger charge is 2.25. The molecule has 16 heavy (non-hydrogen) atoms. The molecule has 2 aromatic carbocycles. The van der Waals surface area contributed by atoms with Crippen LogP contribution >= 0.6 is 23.5 Å². The van der Waals surface area contributed by atoms with Crippen molar-refractivity contribution in [3.63, 3.8) is 0 Å². The Labute approximate surface area is 104 Å². The van der Waals surface area contributed by atoms with Gasteiger partial charge in [0, 0.05) is 21.3 Å². The first-order valence-electron chi connectivity index (χ1n) is 5.77. The van der Waals surface area contributed by atoms with Crippen LogP contribution < -0.4 is 0 Å². The Bertz CT molecular complexity index is 534. The lowest BCUT2D eigenvalue weighted by molar-refractivity contribution is 1.08. The van der Waals surface area contributed by atoms with Crippen molar-refractivity contribution in [3.05, 3.63) is 35.4 Å². The van der Waals surface area contributed by atoms with Crippen molar-refractivity contribution < 1.29 is 0 Å². The third-order valence-corrected chi connectivity index (χ3v) is 5.95. The van der Waals surface area contributed by atoms with E-state index in [1.165, 1.54) is 35.1 Å². The van der Waals surface area contributed by atoms with Gasteiger partial charge < -0.3 is 0 Å². The first-order valence-corrected chi connectivity index (χ1v) is 7.74. The van der Waals surface area contributed by atoms with Crippen molar-refractivity contribution in [3.8, 4) is 0 Å². The van der Waals surface area contributed by atoms with Crippen LogP contribution in [0.15, 0.2) is 34.1 Å². The standard InChI is InChI=1S/C14H12S2/c1-2-4-10-9(3-1)11-5-7-15-13(11)14-12(10)6-8-16-14/h1-4H,5-8H2. The predicted octanol–water partition coefficient (Wildman–Crippen LogP) is 4.14. The van der Waals surface area contributed by atoms with Gasteiger partial charge in [-0.1, -0.05) is 24.3 Å². The van der Waals surface area contributed by atoms with E-state index >= 15 is 0 Å². The van der Waals surface area contributed by atoms with E-state index in [0.717, 1.165) is 0 Å². The Morgan fingerprint density at radius 2 is 1.25 bits per heavy atom. The molecular weight excluding hydrogens is 232 g/mol. The highest BCUT2D eigenvalue weighted by molar-refractivity contribution is 8.02. The van der Waals surface area contributed by atoms with Crippen molar-refractivity contribution in [2.45, 2.75) is 22.6 Å². The molecule has 2 aliphatic heterocycles. The van der Waals surface area contributed by atoms with Gasteiger partial charge in [-0.25, -0.2) is 0 Å². The average Bonchev–Trinajstić information content (AvgIpc) is 2.98. The van der Waals surface area contributed by atoms with Crippen LogP contribution in [0.4, 0.5) is 0 Å². The maximum Gasteiger partial charge on any atom is 0.0250 e. The van der Waals surface area contributed by atoms with Crippen molar-refractivity contribution in [2.24, 2.45) is 0 Å². The molecule has 0 unspecified atom stereocenters. The molecule has 0 aromatic heterocycles. The van der Waals surface area contributed by atoms with Crippen molar-refractivity contribution in [2.75, 3.05) is 11.5 Å². The van der Waals surface area contributed by atoms with E-state index in [1.54, 1.807) is 20.9 Å². The molecule has 0 saturated carbocycles. The fraction of sp³-hybridized carbons (Fsp3) is 0.286. The summed E-state index contributed by atoms with van der Waals surface area (Å²) in [6, 6.07) is 8.98. The molecule has 2 heterocycles. The molecule has 2 heteroatoms. The minimum atomic E-state index is 1.26. The molecule has 0 N–H and O–H groups in total. The number of hydrogen-bond acceptors (Lipinski definition) is 2. The van der Waals surface area contributed by atoms with Gasteiger partial charge in [-0.3, -0.25) is 0 Å². The Hall–Kier alpha value is -0.600. The third kappa shape index (κ3) is 1.15. The normalized spacial score (nSPS) is 17.8. The number of rotatable bonds is 0. The molecule has 80 valence electrons. The smallest absolute Gasteiger partial charge is 0.0250 e. The Kier molecular flexibility index (Phi) is 2.03. The lowest BCUT2D eigenvalue weighted by atomic mass is 9.97. The molecule has 0 fully saturated rings. The predicted molar refractivity (Wildman–Crippen MR) is 72.8 cm³/mol. The van der Waals surface area contributed by atoms with E-state index in [9.17, 15) is 0 Å². The molecular formula is C14H12S2. The summed E-state index contributed by atoms with van der Waals surface area (Å²) in [6.07, 6.45) is 2.52. The summed E-state index contributed by atoms with van der Waals surface area (Å²) in [6.45, 7) is 0. The summed E-state index contributed by atoms with van der Waals surface area (Å²) in [5, 5.41) is 3.03. The van der Waals surface area contributed by atoms with Gasteiger partial charge >= 0.3 is 0 Å². The first kappa shape index (κ1) is 9.43. The highest BCUT2D eigenvalue weighted by atomic mass is 32.2. The molecule has 0 saturated heterocycles. The largest absolute Gasteiger partial charge is 0.124 e. The van der Waals surface area contributed by atoms with Gasteiger partial charge in [-0.15, -0.1) is 23.5 Å². The first-order chi connectivity index (χ1) is 7.95. The third-order valence-electron chi connectivity index (χ3n) is 3.53. The summed E-state index contributed by atoms with van der Waals surface area (Å²) in [7, 11) is 0. The zero-order valence-electron chi connectivity index (χ0n) is 8.95. The lowest BCUT2D eigenvalue weighted by Crippen LogP contribution is -1.91. The zero-order chi connectivity index (χ0) is 10.5. The number of thioether (sulfide) groups is 2. The number of fused-ring (bicyclic) bond motifs is 6. The van der Waals surface area contributed by atoms with Crippen molar-refractivity contribution in [1.29, 1.82) is 0 Å². The molecule has 0 aliphatic carbocycles. The Morgan fingerprint density at radius 1 is 0.750 bits per heavy atom. The lowest BCUT2D eigenvalue weighted by Gasteiger charge is -2.11. The van der Waals surface area contributed by atoms with Crippen LogP contribution in [0, 0.1) is 0 Å². The molecule has 0 nitrogen and oxygen atoms in total. The second-order valence-electron chi connectivity index (χ2n) is 4.36. The van der Waals surface area contributed by atoms with Crippen LogP contribution in [0.25, 0.3) is 10.8 Å². The van der Waals surface area contributed by atoms with E-state index < -0.39 is 0 Å². The SMILES string of the molecule is c1ccc2c3c(c4c(c2c1)CCS4)SCC3. The van der Waals surface area contributed by atoms with Gasteiger partial charge in [-0.2, -0.15) is 0 Å². The second-order valence-corrected chi connectivity index (χ2v) is 6.57. The number of hydrogen-bond donors (Lipinski definition) is 0. The van der Waals surface area contributed by atoms with Gasteiger partial charge in [0.15, 0.2) is 0 Å². The molecule has 0 radical (unpaired) electrons. The van der Waals surface area contributed by atoms with Crippen LogP contribution in [0.5, 0.6) is 0 Å². The van der Waals surface area contributed by atoms with Gasteiger partial charge in [0.25, 0.3) is 0 Å². The quantitative estimate of drug-likeness (QED) is 0.683. The average molecular weight is 244 g/mol. The van der Waals surface area contributed by atoms with Gasteiger partial charge in [0.1, 0.15) is 0 Å². The van der Waals surface area contributed by atoms with E-state index in [2.05, 4.69) is 47.8 Å². The van der Waals surface area contributed by atoms with Crippen LogP contribution in [0.3, 0.4) is 0 Å². The molecule has 0 bridgehead atoms. The van der Waals surface area contributed by atoms with Crippen LogP contribution in [0.1, 0.15) is 11.1 Å². The van der Waals surface area contributed by atoms with Crippen molar-refractivity contribution >= 4 is 34.3 Å². The minimum Gasteiger partial charge on any atom is -0.124 e. The maximum atomic E-state index is 2.31. The fourth-order valence-electron chi connectivity index (χ4n) is 2.84. The van der Waals surface area contributed by atoms with Gasteiger partial charge in [0.2, 0.25) is 0 Å². The van der Waals surface area contributed by atoms with E-state index in [4.69, 9.17) is 0 Å². The summed E-state index contributed by atoms with van der Waals surface area (Å²) in [4.78, 5) is 3.22. The van der Waals surface area contributed by atoms with Crippen molar-refractivity contribution in [1.82, 2.24) is 0 Å². The molecule has 2 aliphatic rings. The van der Waals surface area contributed by atoms with Crippen LogP contribution in [-0.4, -0.2) is 11.5 Å². The summed E-state index contributed by atoms with van der Waals surface area (Å²) in [5.74, 6) is 2.55. The molecule has 0 spiro atoms. The summed E-state index contributed by atoms with van der Waals surface area (Å²) in [5.41, 5.74) is 3.24. The highest BCUT2D eigenvalue weighted by Crippen LogP contribution is 2.48. The number of aryl methyl sites for hydroxylation is 2. The fourth-order valence-corrected chi connectivity index (χ4v) is 5.50. The topological polar surface area (TPSA) is 0 Å². The second kappa shape index (κ2) is 3.44. The summed E-state index contributed by atoms with van der Waals surface area (Å²) >= 11 is 4.13. The molecule has 2 aromatic rings. The Balaban J connectivity index is 2.21. The van der Waals surface area contributed by atoms with Gasteiger partial charge in [-0.05, 0) is 34.7 Å².